The zero-order valence-corrected chi connectivity index (χ0v) is 20.1. The van der Waals surface area contributed by atoms with Crippen molar-refractivity contribution in [2.75, 3.05) is 14.2 Å². The summed E-state index contributed by atoms with van der Waals surface area (Å²) in [7, 11) is -0.759. The molecule has 0 radical (unpaired) electrons. The average molecular weight is 485 g/mol. The van der Waals surface area contributed by atoms with Gasteiger partial charge in [-0.05, 0) is 60.7 Å². The van der Waals surface area contributed by atoms with Crippen molar-refractivity contribution in [1.82, 2.24) is 0 Å². The maximum absolute atomic E-state index is 13.4. The largest absolute Gasteiger partial charge is 0.481 e. The third-order valence-electron chi connectivity index (χ3n) is 5.15. The Labute approximate surface area is 205 Å². The maximum atomic E-state index is 13.4. The lowest BCUT2D eigenvalue weighted by atomic mass is 10.2. The molecule has 0 aliphatic carbocycles. The van der Waals surface area contributed by atoms with E-state index in [0.29, 0.717) is 23.2 Å². The molecule has 4 aromatic rings. The van der Waals surface area contributed by atoms with Crippen molar-refractivity contribution in [3.05, 3.63) is 120 Å². The van der Waals surface area contributed by atoms with Crippen LogP contribution in [0.1, 0.15) is 11.1 Å². The number of nitrogens with zero attached hydrogens (tertiary/aromatic N) is 2. The molecule has 4 aromatic carbocycles. The second-order valence-electron chi connectivity index (χ2n) is 7.47. The lowest BCUT2D eigenvalue weighted by molar-refractivity contribution is 0.405. The fourth-order valence-corrected chi connectivity index (χ4v) is 4.77. The molecule has 35 heavy (non-hydrogen) atoms. The molecule has 0 fully saturated rings. The first-order valence-corrected chi connectivity index (χ1v) is 12.3. The normalized spacial score (nSPS) is 12.3. The van der Waals surface area contributed by atoms with Crippen LogP contribution in [0.2, 0.25) is 0 Å². The van der Waals surface area contributed by atoms with Gasteiger partial charge in [0.2, 0.25) is 21.6 Å². The summed E-state index contributed by atoms with van der Waals surface area (Å²) in [6, 6.07) is 31.7. The van der Waals surface area contributed by atoms with E-state index in [1.54, 1.807) is 36.4 Å². The Morgan fingerprint density at radius 2 is 0.971 bits per heavy atom. The molecule has 0 saturated heterocycles. The SMILES string of the molecule is COC(=Nc1cccc(S(=O)(=O)c2cccc(N=C(OC)c3ccccc3)c2)c1)c1ccccc1. The van der Waals surface area contributed by atoms with Crippen LogP contribution in [-0.4, -0.2) is 34.4 Å². The van der Waals surface area contributed by atoms with Crippen LogP contribution >= 0.6 is 0 Å². The standard InChI is InChI=1S/C28H24N2O4S/c1-33-27(21-11-5-3-6-12-21)29-23-15-9-17-25(19-23)35(31,32)26-18-10-16-24(20-26)30-28(34-2)22-13-7-4-8-14-22/h3-20H,1-2H3. The van der Waals surface area contributed by atoms with Crippen LogP contribution in [-0.2, 0) is 19.3 Å². The quantitative estimate of drug-likeness (QED) is 0.250. The summed E-state index contributed by atoms with van der Waals surface area (Å²) in [6.45, 7) is 0. The maximum Gasteiger partial charge on any atom is 0.220 e. The van der Waals surface area contributed by atoms with E-state index in [2.05, 4.69) is 9.98 Å². The van der Waals surface area contributed by atoms with Gasteiger partial charge in [-0.2, -0.15) is 0 Å². The number of methoxy groups -OCH3 is 2. The molecule has 176 valence electrons. The molecular weight excluding hydrogens is 460 g/mol. The summed E-state index contributed by atoms with van der Waals surface area (Å²) >= 11 is 0. The second-order valence-corrected chi connectivity index (χ2v) is 9.42. The lowest BCUT2D eigenvalue weighted by Gasteiger charge is -2.09. The molecule has 0 spiro atoms. The molecule has 0 aliphatic heterocycles. The monoisotopic (exact) mass is 484 g/mol. The zero-order valence-electron chi connectivity index (χ0n) is 19.3. The van der Waals surface area contributed by atoms with Crippen molar-refractivity contribution >= 4 is 33.0 Å². The van der Waals surface area contributed by atoms with Gasteiger partial charge in [-0.15, -0.1) is 0 Å². The Hall–Kier alpha value is -4.23. The molecule has 0 aromatic heterocycles. The highest BCUT2D eigenvalue weighted by Gasteiger charge is 2.19. The van der Waals surface area contributed by atoms with Crippen molar-refractivity contribution in [3.63, 3.8) is 0 Å². The highest BCUT2D eigenvalue weighted by molar-refractivity contribution is 7.91. The van der Waals surface area contributed by atoms with Gasteiger partial charge in [0.15, 0.2) is 0 Å². The van der Waals surface area contributed by atoms with Crippen LogP contribution in [0.15, 0.2) is 129 Å². The van der Waals surface area contributed by atoms with Crippen LogP contribution in [0.5, 0.6) is 0 Å². The Bertz CT molecular complexity index is 1360. The number of hydrogen-bond donors (Lipinski definition) is 0. The highest BCUT2D eigenvalue weighted by atomic mass is 32.2. The Kier molecular flexibility index (Phi) is 7.38. The summed E-state index contributed by atoms with van der Waals surface area (Å²) < 4.78 is 37.7. The molecule has 6 nitrogen and oxygen atoms in total. The fourth-order valence-electron chi connectivity index (χ4n) is 3.43. The average Bonchev–Trinajstić information content (AvgIpc) is 2.91. The minimum absolute atomic E-state index is 0.124. The fraction of sp³-hybridized carbons (Fsp3) is 0.0714. The highest BCUT2D eigenvalue weighted by Crippen LogP contribution is 2.28. The molecule has 0 amide bonds. The molecule has 4 rings (SSSR count). The van der Waals surface area contributed by atoms with Crippen molar-refractivity contribution in [3.8, 4) is 0 Å². The van der Waals surface area contributed by atoms with E-state index in [9.17, 15) is 8.42 Å². The molecule has 0 saturated carbocycles. The van der Waals surface area contributed by atoms with Gasteiger partial charge in [0.1, 0.15) is 0 Å². The number of hydrogen-bond acceptors (Lipinski definition) is 6. The molecule has 7 heteroatoms. The molecular formula is C28H24N2O4S. The smallest absolute Gasteiger partial charge is 0.220 e. The van der Waals surface area contributed by atoms with Gasteiger partial charge in [0, 0.05) is 11.1 Å². The molecule has 0 unspecified atom stereocenters. The number of sulfone groups is 1. The van der Waals surface area contributed by atoms with Crippen molar-refractivity contribution in [2.24, 2.45) is 9.98 Å². The van der Waals surface area contributed by atoms with Crippen molar-refractivity contribution < 1.29 is 17.9 Å². The molecule has 0 bridgehead atoms. The van der Waals surface area contributed by atoms with E-state index < -0.39 is 9.84 Å². The zero-order chi connectivity index (χ0) is 24.7. The summed E-state index contributed by atoms with van der Waals surface area (Å²) in [5.41, 5.74) is 2.51. The van der Waals surface area contributed by atoms with Gasteiger partial charge in [-0.3, -0.25) is 0 Å². The van der Waals surface area contributed by atoms with Crippen molar-refractivity contribution in [1.29, 1.82) is 0 Å². The predicted octanol–water partition coefficient (Wildman–Crippen LogP) is 5.97. The predicted molar refractivity (Wildman–Crippen MR) is 138 cm³/mol. The van der Waals surface area contributed by atoms with Crippen LogP contribution < -0.4 is 0 Å². The van der Waals surface area contributed by atoms with Gasteiger partial charge in [-0.25, -0.2) is 18.4 Å². The molecule has 0 heterocycles. The molecule has 0 aliphatic rings. The first-order chi connectivity index (χ1) is 17.0. The summed E-state index contributed by atoms with van der Waals surface area (Å²) in [5, 5.41) is 0. The van der Waals surface area contributed by atoms with E-state index in [1.165, 1.54) is 26.4 Å². The van der Waals surface area contributed by atoms with E-state index in [1.807, 2.05) is 60.7 Å². The summed E-state index contributed by atoms with van der Waals surface area (Å²) in [4.78, 5) is 9.26. The van der Waals surface area contributed by atoms with E-state index in [4.69, 9.17) is 9.47 Å². The third kappa shape index (κ3) is 5.65. The van der Waals surface area contributed by atoms with Crippen molar-refractivity contribution in [2.45, 2.75) is 9.79 Å². The first-order valence-electron chi connectivity index (χ1n) is 10.8. The number of aliphatic imine (C=N–C) groups is 2. The summed E-state index contributed by atoms with van der Waals surface area (Å²) in [5.74, 6) is 0.786. The van der Waals surface area contributed by atoms with Crippen LogP contribution in [0.4, 0.5) is 11.4 Å². The van der Waals surface area contributed by atoms with Gasteiger partial charge >= 0.3 is 0 Å². The van der Waals surface area contributed by atoms with E-state index >= 15 is 0 Å². The number of benzene rings is 4. The Balaban J connectivity index is 1.68. The first kappa shape index (κ1) is 23.9. The van der Waals surface area contributed by atoms with Crippen LogP contribution in [0.3, 0.4) is 0 Å². The summed E-state index contributed by atoms with van der Waals surface area (Å²) in [6.07, 6.45) is 0. The lowest BCUT2D eigenvalue weighted by Crippen LogP contribution is -2.04. The minimum atomic E-state index is -3.82. The number of rotatable bonds is 6. The third-order valence-corrected chi connectivity index (χ3v) is 6.89. The molecule has 0 atom stereocenters. The van der Waals surface area contributed by atoms with Gasteiger partial charge < -0.3 is 9.47 Å². The van der Waals surface area contributed by atoms with Crippen LogP contribution in [0.25, 0.3) is 0 Å². The van der Waals surface area contributed by atoms with Gasteiger partial charge in [0.25, 0.3) is 0 Å². The van der Waals surface area contributed by atoms with E-state index in [-0.39, 0.29) is 9.79 Å². The Morgan fingerprint density at radius 1 is 0.571 bits per heavy atom. The van der Waals surface area contributed by atoms with Gasteiger partial charge in [0.05, 0.1) is 35.4 Å². The van der Waals surface area contributed by atoms with Crippen LogP contribution in [0, 0.1) is 0 Å². The second kappa shape index (κ2) is 10.8. The molecule has 0 N–H and O–H groups in total. The Morgan fingerprint density at radius 3 is 1.34 bits per heavy atom. The van der Waals surface area contributed by atoms with Gasteiger partial charge in [-0.1, -0.05) is 48.5 Å². The number of ether oxygens (including phenoxy) is 2. The topological polar surface area (TPSA) is 77.3 Å². The minimum Gasteiger partial charge on any atom is -0.481 e. The van der Waals surface area contributed by atoms with E-state index in [0.717, 1.165) is 11.1 Å².